The van der Waals surface area contributed by atoms with E-state index in [1.807, 2.05) is 24.7 Å². The smallest absolute Gasteiger partial charge is 0.230 e. The van der Waals surface area contributed by atoms with Crippen molar-refractivity contribution in [3.05, 3.63) is 64.2 Å². The minimum Gasteiger partial charge on any atom is -0.344 e. The van der Waals surface area contributed by atoms with E-state index in [1.54, 1.807) is 30.3 Å². The van der Waals surface area contributed by atoms with Crippen molar-refractivity contribution in [1.82, 2.24) is 34.6 Å². The van der Waals surface area contributed by atoms with Crippen LogP contribution in [0.3, 0.4) is 0 Å². The first kappa shape index (κ1) is 23.0. The highest BCUT2D eigenvalue weighted by atomic mass is 35.5. The van der Waals surface area contributed by atoms with E-state index in [9.17, 15) is 4.79 Å². The summed E-state index contributed by atoms with van der Waals surface area (Å²) in [6.45, 7) is 4.18. The molecule has 3 aromatic heterocycles. The van der Waals surface area contributed by atoms with E-state index in [2.05, 4.69) is 15.1 Å². The van der Waals surface area contributed by atoms with Crippen molar-refractivity contribution in [2.24, 2.45) is 0 Å². The number of piperidine rings is 1. The van der Waals surface area contributed by atoms with E-state index in [0.717, 1.165) is 29.8 Å². The Balaban J connectivity index is 1.45. The summed E-state index contributed by atoms with van der Waals surface area (Å²) >= 11 is 6.01. The van der Waals surface area contributed by atoms with Gasteiger partial charge in [-0.2, -0.15) is 5.10 Å². The lowest BCUT2D eigenvalue weighted by Gasteiger charge is -2.34. The Morgan fingerprint density at radius 3 is 2.61 bits per heavy atom. The molecule has 2 atom stereocenters. The number of hydrogen-bond donors (Lipinski definition) is 0. The van der Waals surface area contributed by atoms with Crippen molar-refractivity contribution < 1.29 is 9.18 Å². The van der Waals surface area contributed by atoms with Crippen LogP contribution in [0.4, 0.5) is 4.39 Å². The summed E-state index contributed by atoms with van der Waals surface area (Å²) in [6.07, 6.45) is 6.56. The standard InChI is InChI=1S/C26H25ClFN7O/c1-13-14(2)31-25-23(30-13)22(19-7-4-17(27)9-21(19)28)32-24(33-25)15-8-20(26(36)34(3)11-15)16-10-29-35(12-16)18-5-6-18/h4,7,9-10,12,15,18,20H,5-6,8,11H2,1-3H3/t15-,20+/m1/s1. The van der Waals surface area contributed by atoms with E-state index >= 15 is 4.39 Å². The zero-order valence-electron chi connectivity index (χ0n) is 20.2. The maximum absolute atomic E-state index is 15.0. The monoisotopic (exact) mass is 505 g/mol. The van der Waals surface area contributed by atoms with Gasteiger partial charge in [-0.3, -0.25) is 9.48 Å². The van der Waals surface area contributed by atoms with Crippen LogP contribution >= 0.6 is 11.6 Å². The fraction of sp³-hybridized carbons (Fsp3) is 0.385. The number of amides is 1. The van der Waals surface area contributed by atoms with Gasteiger partial charge in [-0.05, 0) is 51.3 Å². The third-order valence-corrected chi connectivity index (χ3v) is 7.38. The number of hydrogen-bond acceptors (Lipinski definition) is 6. The van der Waals surface area contributed by atoms with Gasteiger partial charge in [0.15, 0.2) is 5.65 Å². The molecular formula is C26H25ClFN7O. The fourth-order valence-corrected chi connectivity index (χ4v) is 5.02. The third kappa shape index (κ3) is 4.01. The second kappa shape index (κ2) is 8.58. The van der Waals surface area contributed by atoms with Gasteiger partial charge in [0.1, 0.15) is 22.9 Å². The van der Waals surface area contributed by atoms with Crippen LogP contribution in [-0.2, 0) is 4.79 Å². The van der Waals surface area contributed by atoms with Gasteiger partial charge in [-0.15, -0.1) is 0 Å². The van der Waals surface area contributed by atoms with Crippen molar-refractivity contribution in [3.63, 3.8) is 0 Å². The number of aryl methyl sites for hydroxylation is 2. The summed E-state index contributed by atoms with van der Waals surface area (Å²) in [5, 5.41) is 4.78. The van der Waals surface area contributed by atoms with Gasteiger partial charge < -0.3 is 4.90 Å². The van der Waals surface area contributed by atoms with E-state index < -0.39 is 5.82 Å². The Kier molecular flexibility index (Phi) is 5.48. The summed E-state index contributed by atoms with van der Waals surface area (Å²) in [5.74, 6) is -0.429. The summed E-state index contributed by atoms with van der Waals surface area (Å²) < 4.78 is 17.0. The van der Waals surface area contributed by atoms with Gasteiger partial charge in [-0.25, -0.2) is 24.3 Å². The van der Waals surface area contributed by atoms with Crippen LogP contribution in [0, 0.1) is 19.7 Å². The molecule has 184 valence electrons. The van der Waals surface area contributed by atoms with E-state index in [4.69, 9.17) is 21.6 Å². The lowest BCUT2D eigenvalue weighted by Crippen LogP contribution is -2.41. The molecule has 10 heteroatoms. The number of aromatic nitrogens is 6. The van der Waals surface area contributed by atoms with Crippen LogP contribution < -0.4 is 0 Å². The first-order valence-corrected chi connectivity index (χ1v) is 12.4. The largest absolute Gasteiger partial charge is 0.344 e. The molecule has 2 fully saturated rings. The van der Waals surface area contributed by atoms with Gasteiger partial charge in [0, 0.05) is 41.9 Å². The summed E-state index contributed by atoms with van der Waals surface area (Å²) in [5.41, 5.74) is 3.88. The molecule has 1 aliphatic carbocycles. The Morgan fingerprint density at radius 1 is 1.08 bits per heavy atom. The van der Waals surface area contributed by atoms with Gasteiger partial charge in [-0.1, -0.05) is 11.6 Å². The minimum atomic E-state index is -0.491. The lowest BCUT2D eigenvalue weighted by atomic mass is 9.84. The molecule has 1 amide bonds. The van der Waals surface area contributed by atoms with Crippen molar-refractivity contribution in [2.75, 3.05) is 13.6 Å². The molecule has 8 nitrogen and oxygen atoms in total. The maximum Gasteiger partial charge on any atom is 0.230 e. The molecule has 1 aliphatic heterocycles. The first-order chi connectivity index (χ1) is 17.3. The Hall–Kier alpha value is -3.46. The predicted octanol–water partition coefficient (Wildman–Crippen LogP) is 4.76. The molecule has 6 rings (SSSR count). The third-order valence-electron chi connectivity index (χ3n) is 7.14. The highest BCUT2D eigenvalue weighted by Crippen LogP contribution is 2.39. The number of fused-ring (bicyclic) bond motifs is 1. The molecule has 1 aromatic carbocycles. The molecule has 2 aliphatic rings. The topological polar surface area (TPSA) is 89.7 Å². The molecular weight excluding hydrogens is 481 g/mol. The molecule has 36 heavy (non-hydrogen) atoms. The number of likely N-dealkylation sites (tertiary alicyclic amines) is 1. The van der Waals surface area contributed by atoms with Crippen molar-refractivity contribution in [2.45, 2.75) is 51.0 Å². The van der Waals surface area contributed by atoms with Crippen LogP contribution in [0.1, 0.15) is 59.9 Å². The Bertz CT molecular complexity index is 1520. The van der Waals surface area contributed by atoms with Crippen LogP contribution in [0.15, 0.2) is 30.6 Å². The number of rotatable bonds is 4. The predicted molar refractivity (Wildman–Crippen MR) is 133 cm³/mol. The van der Waals surface area contributed by atoms with E-state index in [1.165, 1.54) is 6.07 Å². The molecule has 0 radical (unpaired) electrons. The highest BCUT2D eigenvalue weighted by Gasteiger charge is 2.37. The normalized spacial score (nSPS) is 20.4. The number of likely N-dealkylation sites (N-methyl/N-ethyl adjacent to an activating group) is 1. The lowest BCUT2D eigenvalue weighted by molar-refractivity contribution is -0.134. The summed E-state index contributed by atoms with van der Waals surface area (Å²) in [7, 11) is 1.79. The van der Waals surface area contributed by atoms with Crippen LogP contribution in [0.5, 0.6) is 0 Å². The first-order valence-electron chi connectivity index (χ1n) is 12.1. The van der Waals surface area contributed by atoms with Gasteiger partial charge >= 0.3 is 0 Å². The number of carbonyl (C=O) groups excluding carboxylic acids is 1. The highest BCUT2D eigenvalue weighted by molar-refractivity contribution is 6.30. The molecule has 0 unspecified atom stereocenters. The Morgan fingerprint density at radius 2 is 1.86 bits per heavy atom. The average molecular weight is 506 g/mol. The second-order valence-electron chi connectivity index (χ2n) is 9.81. The Labute approximate surface area is 212 Å². The van der Waals surface area contributed by atoms with Gasteiger partial charge in [0.25, 0.3) is 0 Å². The van der Waals surface area contributed by atoms with Crippen LogP contribution in [0.25, 0.3) is 22.4 Å². The van der Waals surface area contributed by atoms with Crippen LogP contribution in [-0.4, -0.2) is 54.1 Å². The summed E-state index contributed by atoms with van der Waals surface area (Å²) in [6, 6.07) is 4.94. The SMILES string of the molecule is Cc1nc2nc([C@@H]3C[C@@H](c4cnn(C5CC5)c4)C(=O)N(C)C3)nc(-c3ccc(Cl)cc3F)c2nc1C. The van der Waals surface area contributed by atoms with Gasteiger partial charge in [0.2, 0.25) is 5.91 Å². The molecule has 0 N–H and O–H groups in total. The quantitative estimate of drug-likeness (QED) is 0.397. The summed E-state index contributed by atoms with van der Waals surface area (Å²) in [4.78, 5) is 33.7. The molecule has 1 saturated heterocycles. The second-order valence-corrected chi connectivity index (χ2v) is 10.2. The van der Waals surface area contributed by atoms with Gasteiger partial charge in [0.05, 0.1) is 29.5 Å². The number of halogens is 2. The van der Waals surface area contributed by atoms with Crippen molar-refractivity contribution >= 4 is 28.7 Å². The molecule has 4 heterocycles. The molecule has 1 saturated carbocycles. The van der Waals surface area contributed by atoms with E-state index in [-0.39, 0.29) is 23.3 Å². The fourth-order valence-electron chi connectivity index (χ4n) is 4.86. The maximum atomic E-state index is 15.0. The molecule has 4 aromatic rings. The zero-order valence-corrected chi connectivity index (χ0v) is 21.0. The van der Waals surface area contributed by atoms with Crippen molar-refractivity contribution in [3.8, 4) is 11.3 Å². The molecule has 0 bridgehead atoms. The average Bonchev–Trinajstić information content (AvgIpc) is 3.58. The van der Waals surface area contributed by atoms with Crippen LogP contribution in [0.2, 0.25) is 5.02 Å². The zero-order chi connectivity index (χ0) is 25.1. The number of benzene rings is 1. The van der Waals surface area contributed by atoms with Crippen molar-refractivity contribution in [1.29, 1.82) is 0 Å². The molecule has 0 spiro atoms. The number of nitrogens with zero attached hydrogens (tertiary/aromatic N) is 7. The van der Waals surface area contributed by atoms with E-state index in [0.29, 0.717) is 46.7 Å². The minimum absolute atomic E-state index is 0.0533. The number of carbonyl (C=O) groups is 1.